The number of methoxy groups -OCH3 is 1. The SMILES string of the molecule is COC(=O)c1ccc([C@@H]2Nc3ccccc3C(=O)N2C[C@@H]2CCCO2)cc1. The second kappa shape index (κ2) is 7.40. The Morgan fingerprint density at radius 1 is 1.22 bits per heavy atom. The van der Waals surface area contributed by atoms with E-state index in [4.69, 9.17) is 9.47 Å². The Morgan fingerprint density at radius 3 is 2.70 bits per heavy atom. The van der Waals surface area contributed by atoms with Crippen molar-refractivity contribution in [3.63, 3.8) is 0 Å². The maximum atomic E-state index is 13.2. The van der Waals surface area contributed by atoms with Crippen LogP contribution < -0.4 is 5.32 Å². The number of hydrogen-bond acceptors (Lipinski definition) is 5. The normalized spacial score (nSPS) is 21.5. The second-order valence-corrected chi connectivity index (χ2v) is 6.80. The molecule has 6 nitrogen and oxygen atoms in total. The maximum absolute atomic E-state index is 13.2. The van der Waals surface area contributed by atoms with Crippen LogP contribution in [0.1, 0.15) is 45.3 Å². The molecule has 0 spiro atoms. The molecule has 2 aromatic carbocycles. The van der Waals surface area contributed by atoms with Gasteiger partial charge in [0.1, 0.15) is 6.17 Å². The number of esters is 1. The predicted octanol–water partition coefficient (Wildman–Crippen LogP) is 3.22. The van der Waals surface area contributed by atoms with Crippen molar-refractivity contribution < 1.29 is 19.1 Å². The second-order valence-electron chi connectivity index (χ2n) is 6.80. The van der Waals surface area contributed by atoms with Crippen LogP contribution in [0, 0.1) is 0 Å². The molecule has 140 valence electrons. The summed E-state index contributed by atoms with van der Waals surface area (Å²) in [6, 6.07) is 14.7. The Morgan fingerprint density at radius 2 is 2.00 bits per heavy atom. The summed E-state index contributed by atoms with van der Waals surface area (Å²) in [6.07, 6.45) is 1.72. The lowest BCUT2D eigenvalue weighted by atomic mass is 10.0. The Hall–Kier alpha value is -2.86. The van der Waals surface area contributed by atoms with Crippen LogP contribution in [-0.4, -0.2) is 43.1 Å². The van der Waals surface area contributed by atoms with Gasteiger partial charge in [0.2, 0.25) is 0 Å². The highest BCUT2D eigenvalue weighted by molar-refractivity contribution is 6.01. The summed E-state index contributed by atoms with van der Waals surface area (Å²) >= 11 is 0. The fourth-order valence-corrected chi connectivity index (χ4v) is 3.67. The van der Waals surface area contributed by atoms with E-state index >= 15 is 0 Å². The number of hydrogen-bond donors (Lipinski definition) is 1. The molecular weight excluding hydrogens is 344 g/mol. The van der Waals surface area contributed by atoms with E-state index in [9.17, 15) is 9.59 Å². The highest BCUT2D eigenvalue weighted by Gasteiger charge is 2.35. The third-order valence-corrected chi connectivity index (χ3v) is 5.09. The standard InChI is InChI=1S/C21H22N2O4/c1-26-21(25)15-10-8-14(9-11-15)19-22-18-7-3-2-6-17(18)20(24)23(19)13-16-5-4-12-27-16/h2-3,6-11,16,19,22H,4-5,12-13H2,1H3/t16-,19+/m0/s1. The minimum Gasteiger partial charge on any atom is -0.465 e. The van der Waals surface area contributed by atoms with Gasteiger partial charge in [0.15, 0.2) is 0 Å². The van der Waals surface area contributed by atoms with Gasteiger partial charge in [0, 0.05) is 18.8 Å². The molecule has 6 heteroatoms. The van der Waals surface area contributed by atoms with Gasteiger partial charge < -0.3 is 19.7 Å². The minimum atomic E-state index is -0.379. The molecule has 2 aliphatic rings. The van der Waals surface area contributed by atoms with E-state index < -0.39 is 0 Å². The summed E-state index contributed by atoms with van der Waals surface area (Å²) in [4.78, 5) is 26.7. The minimum absolute atomic E-state index is 0.0121. The lowest BCUT2D eigenvalue weighted by Crippen LogP contribution is -2.46. The molecule has 27 heavy (non-hydrogen) atoms. The van der Waals surface area contributed by atoms with Gasteiger partial charge in [0.25, 0.3) is 5.91 Å². The first-order chi connectivity index (χ1) is 13.2. The molecule has 1 N–H and O–H groups in total. The Bertz CT molecular complexity index is 844. The van der Waals surface area contributed by atoms with E-state index in [0.29, 0.717) is 17.7 Å². The van der Waals surface area contributed by atoms with Crippen molar-refractivity contribution in [1.29, 1.82) is 0 Å². The molecule has 0 aromatic heterocycles. The summed E-state index contributed by atoms with van der Waals surface area (Å²) in [5, 5.41) is 3.46. The maximum Gasteiger partial charge on any atom is 0.337 e. The lowest BCUT2D eigenvalue weighted by Gasteiger charge is -2.39. The molecule has 2 heterocycles. The van der Waals surface area contributed by atoms with Crippen LogP contribution in [0.5, 0.6) is 0 Å². The van der Waals surface area contributed by atoms with Crippen molar-refractivity contribution in [2.24, 2.45) is 0 Å². The molecule has 0 unspecified atom stereocenters. The Kier molecular flexibility index (Phi) is 4.81. The van der Waals surface area contributed by atoms with Gasteiger partial charge in [-0.2, -0.15) is 0 Å². The van der Waals surface area contributed by atoms with Gasteiger partial charge in [-0.1, -0.05) is 24.3 Å². The van der Waals surface area contributed by atoms with Crippen LogP contribution in [0.15, 0.2) is 48.5 Å². The quantitative estimate of drug-likeness (QED) is 0.842. The van der Waals surface area contributed by atoms with E-state index in [1.54, 1.807) is 12.1 Å². The summed E-state index contributed by atoms with van der Waals surface area (Å²) < 4.78 is 10.5. The van der Waals surface area contributed by atoms with Gasteiger partial charge in [-0.05, 0) is 42.7 Å². The van der Waals surface area contributed by atoms with Gasteiger partial charge in [0.05, 0.1) is 24.3 Å². The van der Waals surface area contributed by atoms with Gasteiger partial charge >= 0.3 is 5.97 Å². The third-order valence-electron chi connectivity index (χ3n) is 5.09. The molecule has 2 aliphatic heterocycles. The fraction of sp³-hybridized carbons (Fsp3) is 0.333. The molecule has 1 fully saturated rings. The van der Waals surface area contributed by atoms with E-state index in [2.05, 4.69) is 5.32 Å². The Labute approximate surface area is 158 Å². The van der Waals surface area contributed by atoms with Crippen LogP contribution in [0.4, 0.5) is 5.69 Å². The molecule has 0 aliphatic carbocycles. The number of nitrogens with zero attached hydrogens (tertiary/aromatic N) is 1. The number of anilines is 1. The lowest BCUT2D eigenvalue weighted by molar-refractivity contribution is 0.0426. The van der Waals surface area contributed by atoms with E-state index in [1.165, 1.54) is 7.11 Å². The monoisotopic (exact) mass is 366 g/mol. The van der Waals surface area contributed by atoms with E-state index in [1.807, 2.05) is 41.3 Å². The van der Waals surface area contributed by atoms with Gasteiger partial charge in [-0.25, -0.2) is 4.79 Å². The van der Waals surface area contributed by atoms with Crippen molar-refractivity contribution in [3.05, 3.63) is 65.2 Å². The zero-order chi connectivity index (χ0) is 18.8. The summed E-state index contributed by atoms with van der Waals surface area (Å²) in [6.45, 7) is 1.28. The number of para-hydroxylation sites is 1. The van der Waals surface area contributed by atoms with E-state index in [-0.39, 0.29) is 24.1 Å². The van der Waals surface area contributed by atoms with Gasteiger partial charge in [-0.15, -0.1) is 0 Å². The molecule has 1 amide bonds. The molecule has 4 rings (SSSR count). The molecule has 2 aromatic rings. The molecule has 1 saturated heterocycles. The fourth-order valence-electron chi connectivity index (χ4n) is 3.67. The molecular formula is C21H22N2O4. The number of benzene rings is 2. The van der Waals surface area contributed by atoms with Crippen molar-refractivity contribution in [2.75, 3.05) is 25.6 Å². The number of amides is 1. The summed E-state index contributed by atoms with van der Waals surface area (Å²) in [5.74, 6) is -0.391. The summed E-state index contributed by atoms with van der Waals surface area (Å²) in [7, 11) is 1.36. The molecule has 0 radical (unpaired) electrons. The Balaban J connectivity index is 1.67. The van der Waals surface area contributed by atoms with Crippen molar-refractivity contribution in [2.45, 2.75) is 25.1 Å². The van der Waals surface area contributed by atoms with Crippen LogP contribution in [-0.2, 0) is 9.47 Å². The van der Waals surface area contributed by atoms with Crippen molar-refractivity contribution >= 4 is 17.6 Å². The first-order valence-electron chi connectivity index (χ1n) is 9.14. The predicted molar refractivity (Wildman–Crippen MR) is 101 cm³/mol. The number of carbonyl (C=O) groups is 2. The largest absolute Gasteiger partial charge is 0.465 e. The van der Waals surface area contributed by atoms with Crippen LogP contribution >= 0.6 is 0 Å². The zero-order valence-corrected chi connectivity index (χ0v) is 15.2. The van der Waals surface area contributed by atoms with Gasteiger partial charge in [-0.3, -0.25) is 4.79 Å². The van der Waals surface area contributed by atoms with E-state index in [0.717, 1.165) is 30.7 Å². The van der Waals surface area contributed by atoms with Crippen LogP contribution in [0.2, 0.25) is 0 Å². The van der Waals surface area contributed by atoms with Crippen molar-refractivity contribution in [3.8, 4) is 0 Å². The number of fused-ring (bicyclic) bond motifs is 1. The summed E-state index contributed by atoms with van der Waals surface area (Å²) in [5.41, 5.74) is 2.86. The topological polar surface area (TPSA) is 67.9 Å². The highest BCUT2D eigenvalue weighted by Crippen LogP contribution is 2.34. The van der Waals surface area contributed by atoms with Crippen LogP contribution in [0.25, 0.3) is 0 Å². The van der Waals surface area contributed by atoms with Crippen molar-refractivity contribution in [1.82, 2.24) is 4.90 Å². The zero-order valence-electron chi connectivity index (χ0n) is 15.2. The molecule has 0 saturated carbocycles. The molecule has 0 bridgehead atoms. The first-order valence-corrected chi connectivity index (χ1v) is 9.14. The first kappa shape index (κ1) is 17.5. The average Bonchev–Trinajstić information content (AvgIpc) is 3.23. The molecule has 2 atom stereocenters. The van der Waals surface area contributed by atoms with Crippen LogP contribution in [0.3, 0.4) is 0 Å². The smallest absolute Gasteiger partial charge is 0.337 e. The third kappa shape index (κ3) is 3.40. The highest BCUT2D eigenvalue weighted by atomic mass is 16.5. The average molecular weight is 366 g/mol. The number of ether oxygens (including phenoxy) is 2. The number of nitrogens with one attached hydrogen (secondary N) is 1. The number of rotatable bonds is 4. The number of carbonyl (C=O) groups excluding carboxylic acids is 2.